The van der Waals surface area contributed by atoms with E-state index >= 15 is 0 Å². The van der Waals surface area contributed by atoms with Crippen LogP contribution >= 0.6 is 22.9 Å². The lowest BCUT2D eigenvalue weighted by atomic mass is 9.95. The molecule has 5 rings (SSSR count). The lowest BCUT2D eigenvalue weighted by Crippen LogP contribution is -2.29. The third kappa shape index (κ3) is 3.67. The third-order valence-corrected chi connectivity index (χ3v) is 6.56. The lowest BCUT2D eigenvalue weighted by Gasteiger charge is -2.23. The van der Waals surface area contributed by atoms with E-state index in [0.717, 1.165) is 23.5 Å². The first-order chi connectivity index (χ1) is 15.8. The second-order valence-electron chi connectivity index (χ2n) is 7.34. The molecule has 1 aliphatic rings. The van der Waals surface area contributed by atoms with Crippen LogP contribution in [0, 0.1) is 11.6 Å². The van der Waals surface area contributed by atoms with Crippen molar-refractivity contribution in [1.29, 1.82) is 0 Å². The number of thiazole rings is 1. The standard InChI is InChI=1S/C24H13ClF2N2O3S/c25-14-5-1-12(2-6-14)20-19(21(30)13-3-7-15(26)8-4-13)22(31)23(32)29(20)24-28-17-10-9-16(27)11-18(17)33-24/h1-11,20,30H/b21-19+. The maximum Gasteiger partial charge on any atom is 0.301 e. The normalized spacial score (nSPS) is 17.8. The molecule has 3 aromatic carbocycles. The summed E-state index contributed by atoms with van der Waals surface area (Å²) < 4.78 is 27.6. The number of aromatic nitrogens is 1. The van der Waals surface area contributed by atoms with Crippen molar-refractivity contribution in [3.8, 4) is 0 Å². The molecular weight excluding hydrogens is 470 g/mol. The minimum absolute atomic E-state index is 0.167. The fourth-order valence-corrected chi connectivity index (χ4v) is 4.89. The number of carbonyl (C=O) groups excluding carboxylic acids is 2. The first kappa shape index (κ1) is 21.2. The summed E-state index contributed by atoms with van der Waals surface area (Å²) in [6, 6.07) is 14.4. The van der Waals surface area contributed by atoms with Gasteiger partial charge in [0.25, 0.3) is 5.78 Å². The minimum atomic E-state index is -1.02. The van der Waals surface area contributed by atoms with Crippen LogP contribution in [0.4, 0.5) is 13.9 Å². The highest BCUT2D eigenvalue weighted by atomic mass is 35.5. The van der Waals surface area contributed by atoms with Crippen LogP contribution < -0.4 is 4.90 Å². The molecule has 0 bridgehead atoms. The number of aliphatic hydroxyl groups excluding tert-OH is 1. The average Bonchev–Trinajstić information content (AvgIpc) is 3.32. The highest BCUT2D eigenvalue weighted by Gasteiger charge is 2.48. The van der Waals surface area contributed by atoms with Gasteiger partial charge in [0.1, 0.15) is 17.4 Å². The van der Waals surface area contributed by atoms with Crippen LogP contribution in [0.25, 0.3) is 16.0 Å². The Morgan fingerprint density at radius 2 is 1.64 bits per heavy atom. The number of anilines is 1. The number of hydrogen-bond donors (Lipinski definition) is 1. The van der Waals surface area contributed by atoms with Crippen molar-refractivity contribution >= 4 is 55.7 Å². The van der Waals surface area contributed by atoms with Gasteiger partial charge in [-0.2, -0.15) is 0 Å². The van der Waals surface area contributed by atoms with E-state index in [1.165, 1.54) is 35.2 Å². The predicted octanol–water partition coefficient (Wildman–Crippen LogP) is 5.85. The van der Waals surface area contributed by atoms with E-state index in [4.69, 9.17) is 11.6 Å². The summed E-state index contributed by atoms with van der Waals surface area (Å²) in [6.07, 6.45) is 0. The second-order valence-corrected chi connectivity index (χ2v) is 8.78. The van der Waals surface area contributed by atoms with Gasteiger partial charge in [-0.25, -0.2) is 13.8 Å². The van der Waals surface area contributed by atoms with E-state index < -0.39 is 35.1 Å². The number of Topliss-reactive ketones (excluding diaryl/α,β-unsaturated/α-hetero) is 1. The zero-order chi connectivity index (χ0) is 23.3. The monoisotopic (exact) mass is 482 g/mol. The molecule has 1 fully saturated rings. The summed E-state index contributed by atoms with van der Waals surface area (Å²) >= 11 is 7.07. The van der Waals surface area contributed by atoms with Gasteiger partial charge in [-0.1, -0.05) is 35.1 Å². The van der Waals surface area contributed by atoms with Gasteiger partial charge >= 0.3 is 5.91 Å². The van der Waals surface area contributed by atoms with Crippen molar-refractivity contribution in [3.05, 3.63) is 100 Å². The van der Waals surface area contributed by atoms with Crippen LogP contribution in [0.5, 0.6) is 0 Å². The fourth-order valence-electron chi connectivity index (χ4n) is 3.74. The largest absolute Gasteiger partial charge is 0.507 e. The number of ketones is 1. The van der Waals surface area contributed by atoms with E-state index in [1.54, 1.807) is 24.3 Å². The summed E-state index contributed by atoms with van der Waals surface area (Å²) in [4.78, 5) is 31.8. The highest BCUT2D eigenvalue weighted by molar-refractivity contribution is 7.22. The van der Waals surface area contributed by atoms with Gasteiger partial charge in [-0.05, 0) is 60.2 Å². The maximum atomic E-state index is 13.7. The third-order valence-electron chi connectivity index (χ3n) is 5.29. The fraction of sp³-hybridized carbons (Fsp3) is 0.0417. The zero-order valence-corrected chi connectivity index (χ0v) is 18.2. The van der Waals surface area contributed by atoms with Crippen molar-refractivity contribution < 1.29 is 23.5 Å². The number of carbonyl (C=O) groups is 2. The minimum Gasteiger partial charge on any atom is -0.507 e. The van der Waals surface area contributed by atoms with Crippen molar-refractivity contribution in [3.63, 3.8) is 0 Å². The van der Waals surface area contributed by atoms with Crippen molar-refractivity contribution in [2.75, 3.05) is 4.90 Å². The first-order valence-electron chi connectivity index (χ1n) is 9.72. The molecule has 1 saturated heterocycles. The molecule has 1 amide bonds. The van der Waals surface area contributed by atoms with Gasteiger partial charge < -0.3 is 5.11 Å². The summed E-state index contributed by atoms with van der Waals surface area (Å²) in [5.74, 6) is -3.21. The van der Waals surface area contributed by atoms with Crippen molar-refractivity contribution in [2.24, 2.45) is 0 Å². The van der Waals surface area contributed by atoms with Crippen LogP contribution in [0.1, 0.15) is 17.2 Å². The Kier molecular flexibility index (Phi) is 5.19. The second kappa shape index (κ2) is 8.06. The van der Waals surface area contributed by atoms with Gasteiger partial charge in [0.2, 0.25) is 0 Å². The van der Waals surface area contributed by atoms with E-state index in [9.17, 15) is 23.5 Å². The van der Waals surface area contributed by atoms with Crippen LogP contribution in [0.15, 0.2) is 72.3 Å². The SMILES string of the molecule is O=C1C(=O)N(c2nc3ccc(F)cc3s2)C(c2ccc(Cl)cc2)/C1=C(\O)c1ccc(F)cc1. The molecule has 1 atom stereocenters. The van der Waals surface area contributed by atoms with Gasteiger partial charge in [0.15, 0.2) is 5.13 Å². The summed E-state index contributed by atoms with van der Waals surface area (Å²) in [7, 11) is 0. The molecule has 9 heteroatoms. The number of fused-ring (bicyclic) bond motifs is 1. The lowest BCUT2D eigenvalue weighted by molar-refractivity contribution is -0.132. The van der Waals surface area contributed by atoms with Gasteiger partial charge in [-0.15, -0.1) is 0 Å². The van der Waals surface area contributed by atoms with E-state index in [-0.39, 0.29) is 16.3 Å². The predicted molar refractivity (Wildman–Crippen MR) is 122 cm³/mol. The van der Waals surface area contributed by atoms with Gasteiger partial charge in [-0.3, -0.25) is 14.5 Å². The van der Waals surface area contributed by atoms with E-state index in [0.29, 0.717) is 20.8 Å². The first-order valence-corrected chi connectivity index (χ1v) is 10.9. The number of hydrogen-bond acceptors (Lipinski definition) is 5. The molecule has 5 nitrogen and oxygen atoms in total. The molecule has 0 aliphatic carbocycles. The molecular formula is C24H13ClF2N2O3S. The Bertz CT molecular complexity index is 1450. The van der Waals surface area contributed by atoms with Crippen molar-refractivity contribution in [2.45, 2.75) is 6.04 Å². The number of rotatable bonds is 3. The molecule has 1 aromatic heterocycles. The molecule has 0 spiro atoms. The Morgan fingerprint density at radius 3 is 2.33 bits per heavy atom. The molecule has 0 saturated carbocycles. The number of amides is 1. The molecule has 1 unspecified atom stereocenters. The molecule has 0 radical (unpaired) electrons. The van der Waals surface area contributed by atoms with Crippen LogP contribution in [0.3, 0.4) is 0 Å². The quantitative estimate of drug-likeness (QED) is 0.226. The molecule has 33 heavy (non-hydrogen) atoms. The smallest absolute Gasteiger partial charge is 0.301 e. The Morgan fingerprint density at radius 1 is 0.970 bits per heavy atom. The van der Waals surface area contributed by atoms with Gasteiger partial charge in [0, 0.05) is 10.6 Å². The van der Waals surface area contributed by atoms with Crippen molar-refractivity contribution in [1.82, 2.24) is 4.98 Å². The summed E-state index contributed by atoms with van der Waals surface area (Å²) in [6.45, 7) is 0. The van der Waals surface area contributed by atoms with E-state index in [2.05, 4.69) is 4.98 Å². The van der Waals surface area contributed by atoms with Crippen LogP contribution in [-0.2, 0) is 9.59 Å². The summed E-state index contributed by atoms with van der Waals surface area (Å²) in [5.41, 5.74) is 0.985. The topological polar surface area (TPSA) is 70.5 Å². The average molecular weight is 483 g/mol. The maximum absolute atomic E-state index is 13.7. The molecule has 2 heterocycles. The molecule has 164 valence electrons. The number of aliphatic hydroxyl groups is 1. The molecule has 1 N–H and O–H groups in total. The Hall–Kier alpha value is -3.62. The highest BCUT2D eigenvalue weighted by Crippen LogP contribution is 2.44. The number of nitrogens with zero attached hydrogens (tertiary/aromatic N) is 2. The molecule has 4 aromatic rings. The van der Waals surface area contributed by atoms with Crippen LogP contribution in [0.2, 0.25) is 5.02 Å². The van der Waals surface area contributed by atoms with E-state index in [1.807, 2.05) is 0 Å². The Balaban J connectivity index is 1.73. The Labute approximate surface area is 195 Å². The summed E-state index contributed by atoms with van der Waals surface area (Å²) in [5, 5.41) is 11.6. The molecule has 1 aliphatic heterocycles. The number of benzene rings is 3. The number of halogens is 3. The van der Waals surface area contributed by atoms with Crippen LogP contribution in [-0.4, -0.2) is 21.8 Å². The van der Waals surface area contributed by atoms with Gasteiger partial charge in [0.05, 0.1) is 21.8 Å². The zero-order valence-electron chi connectivity index (χ0n) is 16.6.